The number of ketones is 1. The number of methoxy groups -OCH3 is 1. The second-order valence-electron chi connectivity index (χ2n) is 6.41. The lowest BCUT2D eigenvalue weighted by Crippen LogP contribution is -2.05. The van der Waals surface area contributed by atoms with Gasteiger partial charge in [-0.2, -0.15) is 0 Å². The molecule has 0 aliphatic rings. The molecule has 30 heavy (non-hydrogen) atoms. The van der Waals surface area contributed by atoms with E-state index in [1.807, 2.05) is 41.0 Å². The fraction of sp³-hybridized carbons (Fsp3) is 0.136. The van der Waals surface area contributed by atoms with Crippen LogP contribution < -0.4 is 4.74 Å². The number of carbonyl (C=O) groups excluding carboxylic acids is 1. The van der Waals surface area contributed by atoms with Gasteiger partial charge in [0.1, 0.15) is 0 Å². The third-order valence-electron chi connectivity index (χ3n) is 4.48. The van der Waals surface area contributed by atoms with Crippen LogP contribution in [0.5, 0.6) is 5.75 Å². The molecule has 0 aliphatic carbocycles. The van der Waals surface area contributed by atoms with Crippen LogP contribution in [0.1, 0.15) is 10.4 Å². The zero-order chi connectivity index (χ0) is 21.1. The van der Waals surface area contributed by atoms with E-state index in [2.05, 4.69) is 32.7 Å². The molecule has 0 radical (unpaired) electrons. The van der Waals surface area contributed by atoms with Gasteiger partial charge in [0.25, 0.3) is 0 Å². The maximum atomic E-state index is 12.5. The number of hydrogen-bond acceptors (Lipinski definition) is 6. The number of fused-ring (bicyclic) bond motifs is 1. The number of allylic oxidation sites excluding steroid dienone is 1. The number of nitrogens with zero attached hydrogens (tertiary/aromatic N) is 3. The van der Waals surface area contributed by atoms with Crippen LogP contribution in [0.2, 0.25) is 0 Å². The fourth-order valence-electron chi connectivity index (χ4n) is 3.03. The Bertz CT molecular complexity index is 1210. The summed E-state index contributed by atoms with van der Waals surface area (Å²) < 4.78 is 14.2. The van der Waals surface area contributed by atoms with Crippen molar-refractivity contribution in [2.75, 3.05) is 12.9 Å². The summed E-state index contributed by atoms with van der Waals surface area (Å²) in [4.78, 5) is 12.5. The lowest BCUT2D eigenvalue weighted by molar-refractivity contribution is 0.102. The lowest BCUT2D eigenvalue weighted by Gasteiger charge is -2.06. The van der Waals surface area contributed by atoms with E-state index < -0.39 is 0 Å². The predicted molar refractivity (Wildman–Crippen MR) is 121 cm³/mol. The van der Waals surface area contributed by atoms with E-state index in [0.717, 1.165) is 9.86 Å². The molecule has 4 aromatic rings. The smallest absolute Gasteiger partial charge is 0.200 e. The monoisotopic (exact) mass is 483 g/mol. The fourth-order valence-corrected chi connectivity index (χ4v) is 4.13. The standard InChI is InChI=1S/C22H18BrN3O3S/c1-3-11-26-21(19-12-15-5-4-6-18(28-2)20(15)29-19)24-25-22(26)30-13-17(27)14-7-9-16(23)10-8-14/h3-10,12H,1,11,13H2,2H3. The van der Waals surface area contributed by atoms with E-state index >= 15 is 0 Å². The zero-order valence-corrected chi connectivity index (χ0v) is 18.6. The summed E-state index contributed by atoms with van der Waals surface area (Å²) in [7, 11) is 1.61. The van der Waals surface area contributed by atoms with Gasteiger partial charge in [0, 0.05) is 22.0 Å². The molecule has 0 aliphatic heterocycles. The highest BCUT2D eigenvalue weighted by Gasteiger charge is 2.19. The minimum atomic E-state index is 0.0238. The van der Waals surface area contributed by atoms with Crippen LogP contribution in [0.25, 0.3) is 22.6 Å². The van der Waals surface area contributed by atoms with Crippen LogP contribution in [0.4, 0.5) is 0 Å². The van der Waals surface area contributed by atoms with E-state index in [9.17, 15) is 4.79 Å². The molecule has 152 valence electrons. The largest absolute Gasteiger partial charge is 0.493 e. The molecule has 8 heteroatoms. The molecule has 0 atom stereocenters. The maximum Gasteiger partial charge on any atom is 0.200 e. The van der Waals surface area contributed by atoms with Gasteiger partial charge >= 0.3 is 0 Å². The Hall–Kier alpha value is -2.84. The molecule has 6 nitrogen and oxygen atoms in total. The summed E-state index contributed by atoms with van der Waals surface area (Å²) in [6, 6.07) is 14.9. The summed E-state index contributed by atoms with van der Waals surface area (Å²) in [6.07, 6.45) is 1.76. The Morgan fingerprint density at radius 1 is 1.27 bits per heavy atom. The molecular weight excluding hydrogens is 466 g/mol. The number of halogens is 1. The minimum absolute atomic E-state index is 0.0238. The number of rotatable bonds is 8. The van der Waals surface area contributed by atoms with Gasteiger partial charge in [-0.05, 0) is 24.3 Å². The molecule has 0 unspecified atom stereocenters. The third-order valence-corrected chi connectivity index (χ3v) is 5.97. The average Bonchev–Trinajstić information content (AvgIpc) is 3.36. The summed E-state index contributed by atoms with van der Waals surface area (Å²) in [5, 5.41) is 10.1. The lowest BCUT2D eigenvalue weighted by atomic mass is 10.2. The van der Waals surface area contributed by atoms with E-state index in [4.69, 9.17) is 9.15 Å². The summed E-state index contributed by atoms with van der Waals surface area (Å²) in [5.74, 6) is 2.09. The third kappa shape index (κ3) is 4.06. The Kier molecular flexibility index (Phi) is 6.06. The number of hydrogen-bond donors (Lipinski definition) is 0. The first kappa shape index (κ1) is 20.4. The number of para-hydroxylation sites is 1. The molecule has 0 amide bonds. The van der Waals surface area contributed by atoms with Crippen molar-refractivity contribution in [1.29, 1.82) is 0 Å². The van der Waals surface area contributed by atoms with E-state index in [0.29, 0.717) is 40.2 Å². The van der Waals surface area contributed by atoms with Crippen molar-refractivity contribution in [2.45, 2.75) is 11.7 Å². The van der Waals surface area contributed by atoms with Crippen molar-refractivity contribution in [1.82, 2.24) is 14.8 Å². The van der Waals surface area contributed by atoms with Crippen molar-refractivity contribution in [3.05, 3.63) is 71.2 Å². The highest BCUT2D eigenvalue weighted by atomic mass is 79.9. The summed E-state index contributed by atoms with van der Waals surface area (Å²) in [5.41, 5.74) is 1.31. The van der Waals surface area contributed by atoms with Gasteiger partial charge in [0.2, 0.25) is 5.82 Å². The van der Waals surface area contributed by atoms with Crippen LogP contribution in [-0.2, 0) is 6.54 Å². The van der Waals surface area contributed by atoms with Gasteiger partial charge < -0.3 is 9.15 Å². The van der Waals surface area contributed by atoms with Crippen molar-refractivity contribution in [3.8, 4) is 17.3 Å². The zero-order valence-electron chi connectivity index (χ0n) is 16.2. The number of thioether (sulfide) groups is 1. The van der Waals surface area contributed by atoms with Crippen LogP contribution in [0.3, 0.4) is 0 Å². The molecule has 2 heterocycles. The van der Waals surface area contributed by atoms with Crippen molar-refractivity contribution in [2.24, 2.45) is 0 Å². The van der Waals surface area contributed by atoms with E-state index in [1.165, 1.54) is 11.8 Å². The van der Waals surface area contributed by atoms with Gasteiger partial charge in [-0.15, -0.1) is 16.8 Å². The van der Waals surface area contributed by atoms with Crippen molar-refractivity contribution in [3.63, 3.8) is 0 Å². The molecule has 0 fully saturated rings. The minimum Gasteiger partial charge on any atom is -0.493 e. The first-order valence-corrected chi connectivity index (χ1v) is 10.9. The van der Waals surface area contributed by atoms with Crippen molar-refractivity contribution < 1.29 is 13.9 Å². The van der Waals surface area contributed by atoms with Gasteiger partial charge in [0.15, 0.2) is 28.0 Å². The highest BCUT2D eigenvalue weighted by molar-refractivity contribution is 9.10. The average molecular weight is 484 g/mol. The Balaban J connectivity index is 1.61. The van der Waals surface area contributed by atoms with Gasteiger partial charge in [-0.1, -0.05) is 58.0 Å². The number of aromatic nitrogens is 3. The number of carbonyl (C=O) groups is 1. The molecule has 0 bridgehead atoms. The first-order chi connectivity index (χ1) is 14.6. The molecule has 0 spiro atoms. The van der Waals surface area contributed by atoms with E-state index in [1.54, 1.807) is 25.3 Å². The number of ether oxygens (including phenoxy) is 1. The molecule has 2 aromatic carbocycles. The number of Topliss-reactive ketones (excluding diaryl/α,β-unsaturated/α-hetero) is 1. The summed E-state index contributed by atoms with van der Waals surface area (Å²) >= 11 is 4.72. The summed E-state index contributed by atoms with van der Waals surface area (Å²) in [6.45, 7) is 4.32. The predicted octanol–water partition coefficient (Wildman–Crippen LogP) is 5.62. The second kappa shape index (κ2) is 8.89. The van der Waals surface area contributed by atoms with Crippen LogP contribution in [0, 0.1) is 0 Å². The number of furan rings is 1. The Morgan fingerprint density at radius 3 is 2.80 bits per heavy atom. The van der Waals surface area contributed by atoms with Gasteiger partial charge in [0.05, 0.1) is 12.9 Å². The molecule has 2 aromatic heterocycles. The molecule has 0 N–H and O–H groups in total. The maximum absolute atomic E-state index is 12.5. The van der Waals surface area contributed by atoms with E-state index in [-0.39, 0.29) is 11.5 Å². The Labute approximate surface area is 186 Å². The second-order valence-corrected chi connectivity index (χ2v) is 8.27. The Morgan fingerprint density at radius 2 is 2.07 bits per heavy atom. The normalized spacial score (nSPS) is 11.0. The topological polar surface area (TPSA) is 70.2 Å². The van der Waals surface area contributed by atoms with Crippen LogP contribution in [-0.4, -0.2) is 33.4 Å². The quantitative estimate of drug-likeness (QED) is 0.184. The molecular formula is C22H18BrN3O3S. The molecule has 0 saturated heterocycles. The van der Waals surface area contributed by atoms with Crippen LogP contribution >= 0.6 is 27.7 Å². The SMILES string of the molecule is C=CCn1c(SCC(=O)c2ccc(Br)cc2)nnc1-c1cc2cccc(OC)c2o1. The van der Waals surface area contributed by atoms with Crippen molar-refractivity contribution >= 4 is 44.4 Å². The highest BCUT2D eigenvalue weighted by Crippen LogP contribution is 2.34. The van der Waals surface area contributed by atoms with Crippen LogP contribution in [0.15, 0.2) is 75.2 Å². The number of benzene rings is 2. The van der Waals surface area contributed by atoms with Gasteiger partial charge in [-0.3, -0.25) is 9.36 Å². The molecule has 0 saturated carbocycles. The van der Waals surface area contributed by atoms with Gasteiger partial charge in [-0.25, -0.2) is 0 Å². The first-order valence-electron chi connectivity index (χ1n) is 9.13. The molecule has 4 rings (SSSR count).